The zero-order chi connectivity index (χ0) is 20.3. The van der Waals surface area contributed by atoms with E-state index in [0.29, 0.717) is 22.5 Å². The van der Waals surface area contributed by atoms with Crippen molar-refractivity contribution in [3.05, 3.63) is 87.1 Å². The Labute approximate surface area is 160 Å². The van der Waals surface area contributed by atoms with Crippen LogP contribution in [0, 0.1) is 10.1 Å². The van der Waals surface area contributed by atoms with Crippen molar-refractivity contribution in [1.29, 1.82) is 0 Å². The average molecular weight is 382 g/mol. The Morgan fingerprint density at radius 3 is 2.54 bits per heavy atom. The van der Waals surface area contributed by atoms with Crippen LogP contribution in [0.25, 0.3) is 5.76 Å². The van der Waals surface area contributed by atoms with Crippen molar-refractivity contribution in [1.82, 2.24) is 10.3 Å². The lowest BCUT2D eigenvalue weighted by molar-refractivity contribution is -0.421. The lowest BCUT2D eigenvalue weighted by atomic mass is 10.0. The number of carboxylic acids is 1. The van der Waals surface area contributed by atoms with Crippen molar-refractivity contribution in [3.63, 3.8) is 0 Å². The lowest BCUT2D eigenvalue weighted by Gasteiger charge is -2.17. The van der Waals surface area contributed by atoms with Gasteiger partial charge in [-0.25, -0.2) is 4.79 Å². The first-order chi connectivity index (χ1) is 13.4. The van der Waals surface area contributed by atoms with Crippen LogP contribution in [0.3, 0.4) is 0 Å². The molecule has 1 aromatic carbocycles. The van der Waals surface area contributed by atoms with Crippen molar-refractivity contribution in [2.24, 2.45) is 0 Å². The maximum atomic E-state index is 12.0. The molecular formula is C19H18N4O5. The van der Waals surface area contributed by atoms with Crippen molar-refractivity contribution in [2.45, 2.75) is 13.0 Å². The minimum absolute atomic E-state index is 0.00820. The molecule has 2 aromatic rings. The molecule has 0 aliphatic carbocycles. The molecule has 1 aromatic heterocycles. The molecule has 1 aliphatic rings. The number of hydrogen-bond acceptors (Lipinski definition) is 7. The third kappa shape index (κ3) is 3.50. The Bertz CT molecular complexity index is 985. The maximum absolute atomic E-state index is 12.0. The van der Waals surface area contributed by atoms with Gasteiger partial charge in [0.15, 0.2) is 6.04 Å². The molecule has 0 saturated heterocycles. The van der Waals surface area contributed by atoms with E-state index in [1.807, 2.05) is 0 Å². The Hall–Kier alpha value is -3.88. The number of methoxy groups -OCH3 is 1. The monoisotopic (exact) mass is 382 g/mol. The summed E-state index contributed by atoms with van der Waals surface area (Å²) < 4.78 is 5.34. The van der Waals surface area contributed by atoms with Gasteiger partial charge in [0.2, 0.25) is 5.76 Å². The van der Waals surface area contributed by atoms with Crippen LogP contribution in [-0.4, -0.2) is 28.1 Å². The second-order valence-electron chi connectivity index (χ2n) is 6.00. The highest BCUT2D eigenvalue weighted by Crippen LogP contribution is 2.33. The first-order valence-electron chi connectivity index (χ1n) is 8.33. The first-order valence-corrected chi connectivity index (χ1v) is 8.33. The highest BCUT2D eigenvalue weighted by atomic mass is 16.6. The van der Waals surface area contributed by atoms with Gasteiger partial charge in [0.05, 0.1) is 12.0 Å². The van der Waals surface area contributed by atoms with Gasteiger partial charge in [0, 0.05) is 34.9 Å². The summed E-state index contributed by atoms with van der Waals surface area (Å²) in [6.45, 7) is 1.63. The molecule has 1 aliphatic heterocycles. The molecule has 0 fully saturated rings. The molecule has 9 heteroatoms. The Morgan fingerprint density at radius 1 is 1.25 bits per heavy atom. The third-order valence-corrected chi connectivity index (χ3v) is 4.29. The Balaban J connectivity index is 2.22. The number of nitrogens with zero attached hydrogens (tertiary/aromatic N) is 2. The Morgan fingerprint density at radius 2 is 1.93 bits per heavy atom. The van der Waals surface area contributed by atoms with E-state index in [0.717, 1.165) is 0 Å². The van der Waals surface area contributed by atoms with Gasteiger partial charge in [-0.05, 0) is 25.1 Å². The van der Waals surface area contributed by atoms with Crippen LogP contribution in [-0.2, 0) is 9.53 Å². The van der Waals surface area contributed by atoms with Gasteiger partial charge in [-0.15, -0.1) is 0 Å². The molecule has 0 saturated carbocycles. The van der Waals surface area contributed by atoms with Crippen molar-refractivity contribution >= 4 is 17.4 Å². The van der Waals surface area contributed by atoms with E-state index in [-0.39, 0.29) is 17.2 Å². The van der Waals surface area contributed by atoms with E-state index in [1.54, 1.807) is 43.3 Å². The number of hydrogen-bond donors (Lipinski definition) is 3. The van der Waals surface area contributed by atoms with E-state index >= 15 is 0 Å². The van der Waals surface area contributed by atoms with Crippen molar-refractivity contribution in [2.75, 3.05) is 12.4 Å². The third-order valence-electron chi connectivity index (χ3n) is 4.29. The number of nitrogens with one attached hydrogen (secondary N) is 2. The fraction of sp³-hybridized carbons (Fsp3) is 0.158. The van der Waals surface area contributed by atoms with E-state index in [4.69, 9.17) is 4.74 Å². The molecule has 0 spiro atoms. The summed E-state index contributed by atoms with van der Waals surface area (Å²) in [7, 11) is 1.32. The van der Waals surface area contributed by atoms with Gasteiger partial charge in [-0.3, -0.25) is 15.1 Å². The van der Waals surface area contributed by atoms with Crippen LogP contribution < -0.4 is 10.6 Å². The van der Waals surface area contributed by atoms with Crippen LogP contribution in [0.4, 0.5) is 5.69 Å². The topological polar surface area (TPSA) is 127 Å². The van der Waals surface area contributed by atoms with Gasteiger partial charge < -0.3 is 20.5 Å². The van der Waals surface area contributed by atoms with Crippen molar-refractivity contribution in [3.8, 4) is 0 Å². The standard InChI is InChI=1S/C19H18N4O5/c1-11-15(17(23(26)27)18(28-2)12-7-9-20-10-8-12)22-16(19(24)25)13-5-3-4-6-14(13)21-11/h3-10,16,21-22H,1-2H3,(H,24,25). The van der Waals surface area contributed by atoms with Crippen LogP contribution in [0.2, 0.25) is 0 Å². The van der Waals surface area contributed by atoms with Gasteiger partial charge in [0.25, 0.3) is 0 Å². The van der Waals surface area contributed by atoms with Gasteiger partial charge >= 0.3 is 11.7 Å². The molecule has 0 radical (unpaired) electrons. The predicted molar refractivity (Wildman–Crippen MR) is 101 cm³/mol. The number of benzene rings is 1. The molecule has 0 amide bonds. The normalized spacial score (nSPS) is 16.7. The summed E-state index contributed by atoms with van der Waals surface area (Å²) in [4.78, 5) is 27.2. The number of carbonyl (C=O) groups is 1. The van der Waals surface area contributed by atoms with Crippen molar-refractivity contribution < 1.29 is 19.6 Å². The number of para-hydroxylation sites is 1. The molecule has 1 unspecified atom stereocenters. The SMILES string of the molecule is COC(=C(C1=C(C)Nc2ccccc2C(C(=O)O)N1)[N+](=O)[O-])c1ccncc1. The summed E-state index contributed by atoms with van der Waals surface area (Å²) in [5.74, 6) is -1.17. The largest absolute Gasteiger partial charge is 0.490 e. The molecule has 9 nitrogen and oxygen atoms in total. The summed E-state index contributed by atoms with van der Waals surface area (Å²) in [6, 6.07) is 8.80. The first kappa shape index (κ1) is 18.9. The number of aromatic nitrogens is 1. The minimum Gasteiger partial charge on any atom is -0.490 e. The molecule has 0 bridgehead atoms. The zero-order valence-electron chi connectivity index (χ0n) is 15.2. The molecule has 3 rings (SSSR count). The van der Waals surface area contributed by atoms with E-state index in [1.165, 1.54) is 19.5 Å². The van der Waals surface area contributed by atoms with Crippen LogP contribution in [0.5, 0.6) is 0 Å². The van der Waals surface area contributed by atoms with E-state index < -0.39 is 16.9 Å². The quantitative estimate of drug-likeness (QED) is 0.409. The number of allylic oxidation sites excluding steroid dienone is 1. The number of ether oxygens (including phenoxy) is 1. The predicted octanol–water partition coefficient (Wildman–Crippen LogP) is 2.75. The summed E-state index contributed by atoms with van der Waals surface area (Å²) >= 11 is 0. The smallest absolute Gasteiger partial charge is 0.336 e. The van der Waals surface area contributed by atoms with Crippen LogP contribution in [0.1, 0.15) is 24.1 Å². The van der Waals surface area contributed by atoms with Gasteiger partial charge in [-0.2, -0.15) is 0 Å². The molecule has 3 N–H and O–H groups in total. The van der Waals surface area contributed by atoms with Gasteiger partial charge in [0.1, 0.15) is 5.70 Å². The lowest BCUT2D eigenvalue weighted by Crippen LogP contribution is -2.30. The molecule has 2 heterocycles. The number of rotatable bonds is 5. The van der Waals surface area contributed by atoms with E-state index in [9.17, 15) is 20.0 Å². The summed E-state index contributed by atoms with van der Waals surface area (Å²) in [6.07, 6.45) is 2.98. The second kappa shape index (κ2) is 7.78. The zero-order valence-corrected chi connectivity index (χ0v) is 15.2. The van der Waals surface area contributed by atoms with Gasteiger partial charge in [-0.1, -0.05) is 18.2 Å². The number of nitro groups is 1. The number of pyridine rings is 1. The summed E-state index contributed by atoms with van der Waals surface area (Å²) in [5, 5.41) is 27.6. The number of aliphatic carboxylic acids is 1. The number of carboxylic acid groups (broad SMARTS) is 1. The summed E-state index contributed by atoms with van der Waals surface area (Å²) in [5.41, 5.74) is 1.52. The fourth-order valence-electron chi connectivity index (χ4n) is 3.04. The van der Waals surface area contributed by atoms with Crippen LogP contribution in [0.15, 0.2) is 65.9 Å². The van der Waals surface area contributed by atoms with E-state index in [2.05, 4.69) is 15.6 Å². The molecule has 1 atom stereocenters. The minimum atomic E-state index is -1.18. The maximum Gasteiger partial charge on any atom is 0.336 e. The highest BCUT2D eigenvalue weighted by molar-refractivity contribution is 5.81. The number of anilines is 1. The Kier molecular flexibility index (Phi) is 5.25. The number of fused-ring (bicyclic) bond motifs is 1. The highest BCUT2D eigenvalue weighted by Gasteiger charge is 2.35. The average Bonchev–Trinajstić information content (AvgIpc) is 2.82. The second-order valence-corrected chi connectivity index (χ2v) is 6.00. The van der Waals surface area contributed by atoms with Crippen LogP contribution >= 0.6 is 0 Å². The molecule has 28 heavy (non-hydrogen) atoms. The fourth-order valence-corrected chi connectivity index (χ4v) is 3.04. The molecular weight excluding hydrogens is 364 g/mol. The molecule has 144 valence electrons.